The maximum absolute atomic E-state index is 12.9. The van der Waals surface area contributed by atoms with E-state index in [0.717, 1.165) is 35.7 Å². The molecule has 3 N–H and O–H groups in total. The normalized spacial score (nSPS) is 23.2. The lowest BCUT2D eigenvalue weighted by molar-refractivity contribution is 0.0496. The number of carbonyl (C=O) groups is 1. The molecule has 2 unspecified atom stereocenters. The fraction of sp³-hybridized carbons (Fsp3) is 0.438. The Kier molecular flexibility index (Phi) is 3.49. The van der Waals surface area contributed by atoms with Crippen molar-refractivity contribution in [1.29, 1.82) is 0 Å². The first-order valence-electron chi connectivity index (χ1n) is 7.31. The van der Waals surface area contributed by atoms with E-state index in [0.29, 0.717) is 6.54 Å². The van der Waals surface area contributed by atoms with Crippen LogP contribution >= 0.6 is 0 Å². The molecular formula is C16H21N3O. The predicted octanol–water partition coefficient (Wildman–Crippen LogP) is 2.51. The van der Waals surface area contributed by atoms with Crippen LogP contribution < -0.4 is 5.73 Å². The van der Waals surface area contributed by atoms with E-state index in [1.54, 1.807) is 0 Å². The van der Waals surface area contributed by atoms with Crippen LogP contribution in [0, 0.1) is 0 Å². The average molecular weight is 271 g/mol. The van der Waals surface area contributed by atoms with Crippen molar-refractivity contribution in [3.63, 3.8) is 0 Å². The molecule has 0 radical (unpaired) electrons. The Morgan fingerprint density at radius 2 is 2.25 bits per heavy atom. The van der Waals surface area contributed by atoms with Crippen molar-refractivity contribution in [3.05, 3.63) is 36.0 Å². The molecule has 1 aromatic heterocycles. The first-order chi connectivity index (χ1) is 9.72. The summed E-state index contributed by atoms with van der Waals surface area (Å²) in [6.45, 7) is 2.66. The third kappa shape index (κ3) is 2.10. The van der Waals surface area contributed by atoms with Gasteiger partial charge in [-0.15, -0.1) is 0 Å². The van der Waals surface area contributed by atoms with Gasteiger partial charge in [-0.25, -0.2) is 0 Å². The molecule has 2 aromatic rings. The Bertz CT molecular complexity index is 619. The van der Waals surface area contributed by atoms with Gasteiger partial charge in [-0.05, 0) is 38.3 Å². The van der Waals surface area contributed by atoms with Gasteiger partial charge in [-0.2, -0.15) is 0 Å². The highest BCUT2D eigenvalue weighted by atomic mass is 16.2. The minimum absolute atomic E-state index is 0.0979. The highest BCUT2D eigenvalue weighted by molar-refractivity contribution is 6.05. The lowest BCUT2D eigenvalue weighted by Gasteiger charge is -2.40. The molecule has 0 aliphatic carbocycles. The van der Waals surface area contributed by atoms with Crippen LogP contribution in [0.2, 0.25) is 0 Å². The smallest absolute Gasteiger partial charge is 0.256 e. The molecule has 1 aliphatic rings. The number of aromatic nitrogens is 1. The number of nitrogens with two attached hydrogens (primary N) is 1. The second-order valence-corrected chi connectivity index (χ2v) is 5.63. The molecule has 1 aromatic carbocycles. The Hall–Kier alpha value is -1.81. The molecule has 0 saturated carbocycles. The first kappa shape index (κ1) is 13.2. The summed E-state index contributed by atoms with van der Waals surface area (Å²) < 4.78 is 0. The van der Waals surface area contributed by atoms with Crippen LogP contribution in [0.4, 0.5) is 0 Å². The summed E-state index contributed by atoms with van der Waals surface area (Å²) in [5.41, 5.74) is 7.53. The van der Waals surface area contributed by atoms with Crippen molar-refractivity contribution in [2.75, 3.05) is 6.54 Å². The Labute approximate surface area is 118 Å². The van der Waals surface area contributed by atoms with E-state index in [2.05, 4.69) is 11.9 Å². The maximum atomic E-state index is 12.9. The Morgan fingerprint density at radius 1 is 1.40 bits per heavy atom. The van der Waals surface area contributed by atoms with Crippen molar-refractivity contribution in [1.82, 2.24) is 9.88 Å². The van der Waals surface area contributed by atoms with E-state index in [4.69, 9.17) is 5.73 Å². The lowest BCUT2D eigenvalue weighted by Crippen LogP contribution is -2.51. The van der Waals surface area contributed by atoms with Gasteiger partial charge in [0.05, 0.1) is 11.1 Å². The maximum Gasteiger partial charge on any atom is 0.256 e. The van der Waals surface area contributed by atoms with Gasteiger partial charge in [-0.3, -0.25) is 4.79 Å². The molecule has 106 valence electrons. The molecule has 2 heterocycles. The molecule has 0 spiro atoms. The predicted molar refractivity (Wildman–Crippen MR) is 80.6 cm³/mol. The fourth-order valence-electron chi connectivity index (χ4n) is 3.29. The highest BCUT2D eigenvalue weighted by Gasteiger charge is 2.32. The minimum Gasteiger partial charge on any atom is -0.361 e. The highest BCUT2D eigenvalue weighted by Crippen LogP contribution is 2.26. The standard InChI is InChI=1S/C16H21N3O/c1-11-4-2-6-13(10-17)19(11)16(20)14-7-3-5-12-8-9-18-15(12)14/h3,5,7-9,11,13,18H,2,4,6,10,17H2,1H3. The van der Waals surface area contributed by atoms with Gasteiger partial charge in [0, 0.05) is 30.2 Å². The van der Waals surface area contributed by atoms with E-state index in [9.17, 15) is 4.79 Å². The summed E-state index contributed by atoms with van der Waals surface area (Å²) in [6, 6.07) is 8.27. The molecule has 3 rings (SSSR count). The molecule has 0 bridgehead atoms. The van der Waals surface area contributed by atoms with Crippen LogP contribution in [0.5, 0.6) is 0 Å². The van der Waals surface area contributed by atoms with Gasteiger partial charge >= 0.3 is 0 Å². The summed E-state index contributed by atoms with van der Waals surface area (Å²) in [7, 11) is 0. The first-order valence-corrected chi connectivity index (χ1v) is 7.31. The molecule has 20 heavy (non-hydrogen) atoms. The Morgan fingerprint density at radius 3 is 3.05 bits per heavy atom. The number of para-hydroxylation sites is 1. The zero-order valence-corrected chi connectivity index (χ0v) is 11.8. The molecule has 1 fully saturated rings. The average Bonchev–Trinajstić information content (AvgIpc) is 2.94. The number of hydrogen-bond donors (Lipinski definition) is 2. The zero-order chi connectivity index (χ0) is 14.1. The topological polar surface area (TPSA) is 62.1 Å². The Balaban J connectivity index is 2.00. The van der Waals surface area contributed by atoms with Crippen LogP contribution in [0.25, 0.3) is 10.9 Å². The van der Waals surface area contributed by atoms with Gasteiger partial charge in [-0.1, -0.05) is 12.1 Å². The summed E-state index contributed by atoms with van der Waals surface area (Å²) in [5.74, 6) is 0.0979. The van der Waals surface area contributed by atoms with Crippen LogP contribution in [0.15, 0.2) is 30.5 Å². The second kappa shape index (κ2) is 5.29. The number of nitrogens with zero attached hydrogens (tertiary/aromatic N) is 1. The van der Waals surface area contributed by atoms with Crippen molar-refractivity contribution >= 4 is 16.8 Å². The van der Waals surface area contributed by atoms with Gasteiger partial charge < -0.3 is 15.6 Å². The number of benzene rings is 1. The zero-order valence-electron chi connectivity index (χ0n) is 11.8. The quantitative estimate of drug-likeness (QED) is 0.881. The molecule has 4 heteroatoms. The molecule has 2 atom stereocenters. The number of fused-ring (bicyclic) bond motifs is 1. The lowest BCUT2D eigenvalue weighted by atomic mass is 9.95. The summed E-state index contributed by atoms with van der Waals surface area (Å²) >= 11 is 0. The monoisotopic (exact) mass is 271 g/mol. The van der Waals surface area contributed by atoms with Crippen molar-refractivity contribution in [2.45, 2.75) is 38.3 Å². The number of nitrogens with one attached hydrogen (secondary N) is 1. The van der Waals surface area contributed by atoms with Crippen molar-refractivity contribution in [2.24, 2.45) is 5.73 Å². The largest absolute Gasteiger partial charge is 0.361 e. The number of rotatable bonds is 2. The minimum atomic E-state index is 0.0979. The van der Waals surface area contributed by atoms with Crippen LogP contribution in [-0.2, 0) is 0 Å². The summed E-state index contributed by atoms with van der Waals surface area (Å²) in [4.78, 5) is 18.1. The third-order valence-electron chi connectivity index (χ3n) is 4.35. The molecule has 1 amide bonds. The van der Waals surface area contributed by atoms with E-state index >= 15 is 0 Å². The number of piperidine rings is 1. The van der Waals surface area contributed by atoms with Crippen LogP contribution in [0.3, 0.4) is 0 Å². The van der Waals surface area contributed by atoms with E-state index in [1.165, 1.54) is 0 Å². The molecule has 4 nitrogen and oxygen atoms in total. The second-order valence-electron chi connectivity index (χ2n) is 5.63. The number of likely N-dealkylation sites (tertiary alicyclic amines) is 1. The van der Waals surface area contributed by atoms with E-state index in [-0.39, 0.29) is 18.0 Å². The van der Waals surface area contributed by atoms with Crippen molar-refractivity contribution in [3.8, 4) is 0 Å². The summed E-state index contributed by atoms with van der Waals surface area (Å²) in [5, 5.41) is 1.07. The van der Waals surface area contributed by atoms with Crippen LogP contribution in [0.1, 0.15) is 36.5 Å². The number of carbonyl (C=O) groups excluding carboxylic acids is 1. The number of H-pyrrole nitrogens is 1. The van der Waals surface area contributed by atoms with E-state index < -0.39 is 0 Å². The molecular weight excluding hydrogens is 250 g/mol. The number of aromatic amines is 1. The number of hydrogen-bond acceptors (Lipinski definition) is 2. The van der Waals surface area contributed by atoms with Crippen LogP contribution in [-0.4, -0.2) is 34.4 Å². The van der Waals surface area contributed by atoms with Gasteiger partial charge in [0.25, 0.3) is 5.91 Å². The molecule has 1 saturated heterocycles. The SMILES string of the molecule is CC1CCCC(CN)N1C(=O)c1cccc2cc[nH]c12. The molecule has 1 aliphatic heterocycles. The van der Waals surface area contributed by atoms with E-state index in [1.807, 2.05) is 35.4 Å². The van der Waals surface area contributed by atoms with Gasteiger partial charge in [0.15, 0.2) is 0 Å². The van der Waals surface area contributed by atoms with Gasteiger partial charge in [0.1, 0.15) is 0 Å². The fourth-order valence-corrected chi connectivity index (χ4v) is 3.29. The van der Waals surface area contributed by atoms with Gasteiger partial charge in [0.2, 0.25) is 0 Å². The summed E-state index contributed by atoms with van der Waals surface area (Å²) in [6.07, 6.45) is 5.09. The third-order valence-corrected chi connectivity index (χ3v) is 4.35. The van der Waals surface area contributed by atoms with Crippen molar-refractivity contribution < 1.29 is 4.79 Å². The number of amides is 1.